The standard InChI is InChI=1S/C27H27FN2O3/c1-3-23(18-8-6-5-7-9-18)30-17-20-16-22(14-15-25(20)33-24(4-2)27(30)32)29-26(31)19-10-12-21(28)13-11-19/h5-16,23-24H,3-4,17H2,1-2H3,(H,29,31). The molecule has 1 N–H and O–H groups in total. The summed E-state index contributed by atoms with van der Waals surface area (Å²) in [5, 5.41) is 2.85. The quantitative estimate of drug-likeness (QED) is 0.526. The summed E-state index contributed by atoms with van der Waals surface area (Å²) < 4.78 is 19.3. The summed E-state index contributed by atoms with van der Waals surface area (Å²) in [5.41, 5.74) is 2.85. The lowest BCUT2D eigenvalue weighted by Gasteiger charge is -2.32. The van der Waals surface area contributed by atoms with Crippen molar-refractivity contribution in [3.8, 4) is 5.75 Å². The lowest BCUT2D eigenvalue weighted by Crippen LogP contribution is -2.41. The molecule has 0 radical (unpaired) electrons. The van der Waals surface area contributed by atoms with Crippen molar-refractivity contribution in [3.05, 3.63) is 95.3 Å². The number of hydrogen-bond donors (Lipinski definition) is 1. The van der Waals surface area contributed by atoms with Gasteiger partial charge in [-0.2, -0.15) is 0 Å². The molecule has 2 unspecified atom stereocenters. The van der Waals surface area contributed by atoms with E-state index < -0.39 is 11.9 Å². The number of halogens is 1. The molecule has 3 aromatic carbocycles. The van der Waals surface area contributed by atoms with Crippen LogP contribution in [0.3, 0.4) is 0 Å². The van der Waals surface area contributed by atoms with Gasteiger partial charge in [-0.05, 0) is 60.9 Å². The zero-order chi connectivity index (χ0) is 23.4. The van der Waals surface area contributed by atoms with Crippen LogP contribution in [0.1, 0.15) is 54.2 Å². The first-order chi connectivity index (χ1) is 16.0. The second-order valence-electron chi connectivity index (χ2n) is 8.10. The minimum atomic E-state index is -0.566. The van der Waals surface area contributed by atoms with Crippen LogP contribution >= 0.6 is 0 Å². The van der Waals surface area contributed by atoms with Gasteiger partial charge >= 0.3 is 0 Å². The molecular formula is C27H27FN2O3. The Kier molecular flexibility index (Phi) is 6.73. The second kappa shape index (κ2) is 9.86. The third-order valence-electron chi connectivity index (χ3n) is 5.91. The number of anilines is 1. The Balaban J connectivity index is 1.64. The van der Waals surface area contributed by atoms with Crippen molar-refractivity contribution in [2.24, 2.45) is 0 Å². The van der Waals surface area contributed by atoms with Crippen LogP contribution in [0.4, 0.5) is 10.1 Å². The number of fused-ring (bicyclic) bond motifs is 1. The highest BCUT2D eigenvalue weighted by molar-refractivity contribution is 6.04. The second-order valence-corrected chi connectivity index (χ2v) is 8.10. The zero-order valence-corrected chi connectivity index (χ0v) is 18.8. The molecule has 33 heavy (non-hydrogen) atoms. The van der Waals surface area contributed by atoms with Crippen LogP contribution in [0.5, 0.6) is 5.75 Å². The number of nitrogens with zero attached hydrogens (tertiary/aromatic N) is 1. The maximum atomic E-state index is 13.4. The van der Waals surface area contributed by atoms with E-state index in [-0.39, 0.29) is 17.9 Å². The Hall–Kier alpha value is -3.67. The van der Waals surface area contributed by atoms with Gasteiger partial charge in [-0.15, -0.1) is 0 Å². The van der Waals surface area contributed by atoms with E-state index in [4.69, 9.17) is 4.74 Å². The fourth-order valence-electron chi connectivity index (χ4n) is 4.18. The molecule has 6 heteroatoms. The third kappa shape index (κ3) is 4.90. The van der Waals surface area contributed by atoms with E-state index in [1.807, 2.05) is 48.2 Å². The molecule has 0 aromatic heterocycles. The van der Waals surface area contributed by atoms with E-state index in [0.717, 1.165) is 17.5 Å². The first kappa shape index (κ1) is 22.5. The van der Waals surface area contributed by atoms with Gasteiger partial charge in [0.05, 0.1) is 12.6 Å². The molecule has 3 aromatic rings. The van der Waals surface area contributed by atoms with Crippen molar-refractivity contribution in [2.45, 2.75) is 45.4 Å². The highest BCUT2D eigenvalue weighted by Crippen LogP contribution is 2.34. The van der Waals surface area contributed by atoms with Crippen LogP contribution in [0.25, 0.3) is 0 Å². The van der Waals surface area contributed by atoms with Gasteiger partial charge < -0.3 is 15.0 Å². The molecule has 0 saturated heterocycles. The Morgan fingerprint density at radius 3 is 2.48 bits per heavy atom. The Bertz CT molecular complexity index is 1130. The number of nitrogens with one attached hydrogen (secondary N) is 1. The summed E-state index contributed by atoms with van der Waals surface area (Å²) in [6.07, 6.45) is 0.759. The Morgan fingerprint density at radius 1 is 1.09 bits per heavy atom. The highest BCUT2D eigenvalue weighted by Gasteiger charge is 2.34. The smallest absolute Gasteiger partial charge is 0.264 e. The highest BCUT2D eigenvalue weighted by atomic mass is 19.1. The predicted octanol–water partition coefficient (Wildman–Crippen LogP) is 5.73. The molecule has 0 bridgehead atoms. The summed E-state index contributed by atoms with van der Waals surface area (Å²) in [4.78, 5) is 27.9. The summed E-state index contributed by atoms with van der Waals surface area (Å²) in [6, 6.07) is 20.7. The minimum Gasteiger partial charge on any atom is -0.480 e. The number of amides is 2. The van der Waals surface area contributed by atoms with Crippen LogP contribution in [-0.2, 0) is 11.3 Å². The van der Waals surface area contributed by atoms with E-state index in [9.17, 15) is 14.0 Å². The molecule has 4 rings (SSSR count). The summed E-state index contributed by atoms with van der Waals surface area (Å²) >= 11 is 0. The van der Waals surface area contributed by atoms with E-state index in [2.05, 4.69) is 12.2 Å². The molecule has 1 aliphatic heterocycles. The number of carbonyl (C=O) groups excluding carboxylic acids is 2. The van der Waals surface area contributed by atoms with E-state index in [1.54, 1.807) is 12.1 Å². The molecule has 5 nitrogen and oxygen atoms in total. The van der Waals surface area contributed by atoms with Crippen molar-refractivity contribution in [1.82, 2.24) is 4.90 Å². The molecule has 0 aliphatic carbocycles. The largest absolute Gasteiger partial charge is 0.480 e. The molecular weight excluding hydrogens is 419 g/mol. The number of carbonyl (C=O) groups is 2. The lowest BCUT2D eigenvalue weighted by molar-refractivity contribution is -0.141. The molecule has 0 spiro atoms. The number of ether oxygens (including phenoxy) is 1. The monoisotopic (exact) mass is 446 g/mol. The Morgan fingerprint density at radius 2 is 1.82 bits per heavy atom. The van der Waals surface area contributed by atoms with Crippen LogP contribution in [0, 0.1) is 5.82 Å². The van der Waals surface area contributed by atoms with Crippen molar-refractivity contribution >= 4 is 17.5 Å². The molecule has 2 atom stereocenters. The number of hydrogen-bond acceptors (Lipinski definition) is 3. The first-order valence-corrected chi connectivity index (χ1v) is 11.2. The van der Waals surface area contributed by atoms with E-state index in [0.29, 0.717) is 30.0 Å². The van der Waals surface area contributed by atoms with Gasteiger partial charge in [0.25, 0.3) is 11.8 Å². The van der Waals surface area contributed by atoms with Gasteiger partial charge in [0.2, 0.25) is 0 Å². The summed E-state index contributed by atoms with van der Waals surface area (Å²) in [5.74, 6) is -0.130. The van der Waals surface area contributed by atoms with Crippen LogP contribution in [-0.4, -0.2) is 22.8 Å². The fourth-order valence-corrected chi connectivity index (χ4v) is 4.18. The van der Waals surface area contributed by atoms with Gasteiger partial charge in [-0.25, -0.2) is 4.39 Å². The van der Waals surface area contributed by atoms with Gasteiger partial charge in [-0.1, -0.05) is 44.2 Å². The molecule has 1 aliphatic rings. The van der Waals surface area contributed by atoms with Crippen LogP contribution < -0.4 is 10.1 Å². The van der Waals surface area contributed by atoms with Gasteiger partial charge in [0.15, 0.2) is 6.10 Å². The molecule has 170 valence electrons. The molecule has 2 amide bonds. The van der Waals surface area contributed by atoms with Crippen LogP contribution in [0.2, 0.25) is 0 Å². The topological polar surface area (TPSA) is 58.6 Å². The summed E-state index contributed by atoms with van der Waals surface area (Å²) in [6.45, 7) is 4.38. The van der Waals surface area contributed by atoms with Gasteiger partial charge in [0.1, 0.15) is 11.6 Å². The van der Waals surface area contributed by atoms with Crippen molar-refractivity contribution < 1.29 is 18.7 Å². The number of rotatable bonds is 6. The van der Waals surface area contributed by atoms with Gasteiger partial charge in [0, 0.05) is 16.8 Å². The van der Waals surface area contributed by atoms with Crippen molar-refractivity contribution in [1.29, 1.82) is 0 Å². The van der Waals surface area contributed by atoms with E-state index >= 15 is 0 Å². The van der Waals surface area contributed by atoms with E-state index in [1.165, 1.54) is 24.3 Å². The normalized spacial score (nSPS) is 16.4. The average Bonchev–Trinajstić information content (AvgIpc) is 2.97. The van der Waals surface area contributed by atoms with Crippen molar-refractivity contribution in [2.75, 3.05) is 5.32 Å². The molecule has 1 heterocycles. The molecule has 0 fully saturated rings. The van der Waals surface area contributed by atoms with Crippen LogP contribution in [0.15, 0.2) is 72.8 Å². The minimum absolute atomic E-state index is 0.0405. The first-order valence-electron chi connectivity index (χ1n) is 11.2. The SMILES string of the molecule is CCC1Oc2ccc(NC(=O)c3ccc(F)cc3)cc2CN(C(CC)c2ccccc2)C1=O. The zero-order valence-electron chi connectivity index (χ0n) is 18.8. The number of benzene rings is 3. The molecule has 0 saturated carbocycles. The summed E-state index contributed by atoms with van der Waals surface area (Å²) in [7, 11) is 0. The average molecular weight is 447 g/mol. The maximum absolute atomic E-state index is 13.4. The maximum Gasteiger partial charge on any atom is 0.264 e. The third-order valence-corrected chi connectivity index (χ3v) is 5.91. The van der Waals surface area contributed by atoms with Gasteiger partial charge in [-0.3, -0.25) is 9.59 Å². The predicted molar refractivity (Wildman–Crippen MR) is 126 cm³/mol. The lowest BCUT2D eigenvalue weighted by atomic mass is 10.0. The van der Waals surface area contributed by atoms with Crippen molar-refractivity contribution in [3.63, 3.8) is 0 Å². The Labute approximate surface area is 193 Å². The fraction of sp³-hybridized carbons (Fsp3) is 0.259.